The van der Waals surface area contributed by atoms with Crippen molar-refractivity contribution in [2.75, 3.05) is 11.5 Å². The van der Waals surface area contributed by atoms with E-state index in [2.05, 4.69) is 20.8 Å². The van der Waals surface area contributed by atoms with Gasteiger partial charge >= 0.3 is 0 Å². The molecule has 0 spiro atoms. The van der Waals surface area contributed by atoms with E-state index in [1.54, 1.807) is 6.07 Å². The van der Waals surface area contributed by atoms with Crippen LogP contribution in [0.5, 0.6) is 5.75 Å². The average Bonchev–Trinajstić information content (AvgIpc) is 3.09. The Morgan fingerprint density at radius 1 is 0.972 bits per heavy atom. The number of aliphatic hydroxyl groups excluding tert-OH is 1. The van der Waals surface area contributed by atoms with Crippen molar-refractivity contribution >= 4 is 23.1 Å². The van der Waals surface area contributed by atoms with Gasteiger partial charge in [0.05, 0.1) is 18.2 Å². The molecule has 1 fully saturated rings. The van der Waals surface area contributed by atoms with Gasteiger partial charge in [0.2, 0.25) is 0 Å². The molecule has 5 heteroatoms. The Morgan fingerprint density at radius 3 is 2.33 bits per heavy atom. The van der Waals surface area contributed by atoms with Crippen molar-refractivity contribution in [1.82, 2.24) is 0 Å². The van der Waals surface area contributed by atoms with Gasteiger partial charge in [-0.2, -0.15) is 0 Å². The van der Waals surface area contributed by atoms with Gasteiger partial charge in [-0.1, -0.05) is 68.8 Å². The summed E-state index contributed by atoms with van der Waals surface area (Å²) in [7, 11) is 0. The van der Waals surface area contributed by atoms with E-state index in [0.29, 0.717) is 17.9 Å². The third kappa shape index (κ3) is 4.53. The smallest absolute Gasteiger partial charge is 0.300 e. The normalized spacial score (nSPS) is 17.5. The van der Waals surface area contributed by atoms with Crippen LogP contribution in [0.1, 0.15) is 61.6 Å². The maximum absolute atomic E-state index is 13.5. The van der Waals surface area contributed by atoms with Gasteiger partial charge in [0.25, 0.3) is 11.7 Å². The summed E-state index contributed by atoms with van der Waals surface area (Å²) in [5, 5.41) is 11.6. The monoisotopic (exact) mass is 483 g/mol. The molecule has 186 valence electrons. The number of hydrogen-bond donors (Lipinski definition) is 1. The zero-order chi connectivity index (χ0) is 26.2. The summed E-state index contributed by atoms with van der Waals surface area (Å²) in [6.07, 6.45) is 0. The van der Waals surface area contributed by atoms with Crippen LogP contribution < -0.4 is 9.64 Å². The number of aliphatic hydroxyl groups is 1. The van der Waals surface area contributed by atoms with Crippen molar-refractivity contribution < 1.29 is 19.4 Å². The van der Waals surface area contributed by atoms with E-state index in [4.69, 9.17) is 4.74 Å². The van der Waals surface area contributed by atoms with Crippen molar-refractivity contribution in [2.45, 2.75) is 53.0 Å². The zero-order valence-corrected chi connectivity index (χ0v) is 21.8. The van der Waals surface area contributed by atoms with Crippen LogP contribution in [0.15, 0.2) is 72.3 Å². The quantitative estimate of drug-likeness (QED) is 0.251. The maximum atomic E-state index is 13.5. The fraction of sp³-hybridized carbons (Fsp3) is 0.290. The number of carbonyl (C=O) groups excluding carboxylic acids is 2. The number of hydrogen-bond acceptors (Lipinski definition) is 4. The van der Waals surface area contributed by atoms with Gasteiger partial charge in [-0.25, -0.2) is 0 Å². The number of benzene rings is 3. The summed E-state index contributed by atoms with van der Waals surface area (Å²) < 4.78 is 5.83. The Balaban J connectivity index is 1.97. The summed E-state index contributed by atoms with van der Waals surface area (Å²) in [5.74, 6) is -0.811. The Hall–Kier alpha value is -3.86. The third-order valence-electron chi connectivity index (χ3n) is 6.54. The molecule has 1 heterocycles. The minimum absolute atomic E-state index is 0.0814. The molecule has 1 aliphatic heterocycles. The Morgan fingerprint density at radius 2 is 1.69 bits per heavy atom. The Labute approximate surface area is 213 Å². The molecular weight excluding hydrogens is 450 g/mol. The molecule has 1 atom stereocenters. The molecule has 1 N–H and O–H groups in total. The first-order chi connectivity index (χ1) is 17.0. The lowest BCUT2D eigenvalue weighted by molar-refractivity contribution is -0.132. The highest BCUT2D eigenvalue weighted by Gasteiger charge is 2.47. The molecule has 36 heavy (non-hydrogen) atoms. The van der Waals surface area contributed by atoms with Crippen LogP contribution in [0.25, 0.3) is 5.76 Å². The first-order valence-corrected chi connectivity index (χ1v) is 12.3. The van der Waals surface area contributed by atoms with E-state index in [1.807, 2.05) is 81.4 Å². The van der Waals surface area contributed by atoms with Crippen molar-refractivity contribution in [3.05, 3.63) is 100 Å². The first kappa shape index (κ1) is 25.2. The molecule has 0 aromatic heterocycles. The summed E-state index contributed by atoms with van der Waals surface area (Å²) in [4.78, 5) is 28.5. The van der Waals surface area contributed by atoms with Crippen molar-refractivity contribution in [3.8, 4) is 5.75 Å². The van der Waals surface area contributed by atoms with Crippen molar-refractivity contribution in [3.63, 3.8) is 0 Å². The molecule has 3 aromatic rings. The molecule has 1 saturated heterocycles. The number of Topliss-reactive ketones (excluding diaryl/α,β-unsaturated/α-hetero) is 1. The molecule has 3 aromatic carbocycles. The summed E-state index contributed by atoms with van der Waals surface area (Å²) >= 11 is 0. The van der Waals surface area contributed by atoms with Crippen LogP contribution in [0.3, 0.4) is 0 Å². The standard InChI is InChI=1S/C31H33NO4/c1-7-36-25-16-15-22(18-23(25)31(4,5)6)28(33)26-27(21-13-10-11-19(2)17-21)32(30(35)29(26)34)24-14-9-8-12-20(24)3/h8-18,27,33H,7H2,1-6H3/b28-26-. The number of nitrogens with zero attached hydrogens (tertiary/aromatic N) is 1. The maximum Gasteiger partial charge on any atom is 0.300 e. The number of rotatable bonds is 5. The lowest BCUT2D eigenvalue weighted by atomic mass is 9.84. The molecule has 0 aliphatic carbocycles. The largest absolute Gasteiger partial charge is 0.507 e. The minimum atomic E-state index is -0.754. The highest BCUT2D eigenvalue weighted by atomic mass is 16.5. The topological polar surface area (TPSA) is 66.8 Å². The molecule has 1 aliphatic rings. The Kier molecular flexibility index (Phi) is 6.77. The van der Waals surface area contributed by atoms with Gasteiger partial charge in [0, 0.05) is 16.8 Å². The molecule has 4 rings (SSSR count). The second-order valence-electron chi connectivity index (χ2n) is 10.3. The molecule has 5 nitrogen and oxygen atoms in total. The van der Waals surface area contributed by atoms with Crippen LogP contribution >= 0.6 is 0 Å². The van der Waals surface area contributed by atoms with Crippen LogP contribution in [-0.4, -0.2) is 23.4 Å². The van der Waals surface area contributed by atoms with Gasteiger partial charge in [0.15, 0.2) is 0 Å². The predicted octanol–water partition coefficient (Wildman–Crippen LogP) is 6.63. The SMILES string of the molecule is CCOc1ccc(/C(O)=C2/C(=O)C(=O)N(c3ccccc3C)C2c2cccc(C)c2)cc1C(C)(C)C. The van der Waals surface area contributed by atoms with E-state index in [1.165, 1.54) is 4.90 Å². The van der Waals surface area contributed by atoms with Gasteiger partial charge in [-0.3, -0.25) is 14.5 Å². The molecule has 1 amide bonds. The van der Waals surface area contributed by atoms with Gasteiger partial charge in [0.1, 0.15) is 11.5 Å². The van der Waals surface area contributed by atoms with Gasteiger partial charge < -0.3 is 9.84 Å². The number of carbonyl (C=O) groups is 2. The molecule has 1 unspecified atom stereocenters. The number of para-hydroxylation sites is 1. The number of ketones is 1. The lowest BCUT2D eigenvalue weighted by Crippen LogP contribution is -2.30. The fourth-order valence-corrected chi connectivity index (χ4v) is 4.77. The molecule has 0 saturated carbocycles. The van der Waals surface area contributed by atoms with Crippen LogP contribution in [-0.2, 0) is 15.0 Å². The predicted molar refractivity (Wildman–Crippen MR) is 143 cm³/mol. The summed E-state index contributed by atoms with van der Waals surface area (Å²) in [6, 6.07) is 19.8. The van der Waals surface area contributed by atoms with Gasteiger partial charge in [-0.05, 0) is 61.6 Å². The average molecular weight is 484 g/mol. The van der Waals surface area contributed by atoms with Crippen molar-refractivity contribution in [1.29, 1.82) is 0 Å². The minimum Gasteiger partial charge on any atom is -0.507 e. The highest BCUT2D eigenvalue weighted by Crippen LogP contribution is 2.44. The Bertz CT molecular complexity index is 1360. The van der Waals surface area contributed by atoms with Gasteiger partial charge in [-0.15, -0.1) is 0 Å². The molecular formula is C31H33NO4. The van der Waals surface area contributed by atoms with E-state index in [0.717, 1.165) is 28.0 Å². The van der Waals surface area contributed by atoms with E-state index in [9.17, 15) is 14.7 Å². The first-order valence-electron chi connectivity index (χ1n) is 12.3. The second kappa shape index (κ2) is 9.65. The van der Waals surface area contributed by atoms with Crippen LogP contribution in [0.2, 0.25) is 0 Å². The number of ether oxygens (including phenoxy) is 1. The van der Waals surface area contributed by atoms with Crippen LogP contribution in [0.4, 0.5) is 5.69 Å². The number of amides is 1. The molecule has 0 radical (unpaired) electrons. The van der Waals surface area contributed by atoms with E-state index < -0.39 is 17.7 Å². The third-order valence-corrected chi connectivity index (χ3v) is 6.54. The van der Waals surface area contributed by atoms with Crippen LogP contribution in [0, 0.1) is 13.8 Å². The van der Waals surface area contributed by atoms with E-state index in [-0.39, 0.29) is 16.7 Å². The van der Waals surface area contributed by atoms with Crippen molar-refractivity contribution in [2.24, 2.45) is 0 Å². The zero-order valence-electron chi connectivity index (χ0n) is 21.8. The molecule has 0 bridgehead atoms. The second-order valence-corrected chi connectivity index (χ2v) is 10.3. The number of aryl methyl sites for hydroxylation is 2. The highest BCUT2D eigenvalue weighted by molar-refractivity contribution is 6.51. The summed E-state index contributed by atoms with van der Waals surface area (Å²) in [5.41, 5.74) is 4.49. The summed E-state index contributed by atoms with van der Waals surface area (Å²) in [6.45, 7) is 12.5. The van der Waals surface area contributed by atoms with E-state index >= 15 is 0 Å². The lowest BCUT2D eigenvalue weighted by Gasteiger charge is -2.27. The number of anilines is 1. The fourth-order valence-electron chi connectivity index (χ4n) is 4.77.